The van der Waals surface area contributed by atoms with E-state index in [0.717, 1.165) is 12.2 Å². The van der Waals surface area contributed by atoms with Crippen molar-refractivity contribution in [3.8, 4) is 0 Å². The summed E-state index contributed by atoms with van der Waals surface area (Å²) in [6.07, 6.45) is 3.18. The Morgan fingerprint density at radius 3 is 2.78 bits per heavy atom. The van der Waals surface area contributed by atoms with Gasteiger partial charge in [-0.05, 0) is 6.92 Å². The summed E-state index contributed by atoms with van der Waals surface area (Å²) in [4.78, 5) is 3.79. The molecular formula is C6H13N3. The quantitative estimate of drug-likeness (QED) is 0.528. The largest absolute Gasteiger partial charge is 0.403 e. The van der Waals surface area contributed by atoms with Gasteiger partial charge in [0, 0.05) is 26.0 Å². The van der Waals surface area contributed by atoms with E-state index < -0.39 is 0 Å². The molecule has 52 valence electrons. The molecular weight excluding hydrogens is 114 g/mol. The molecule has 0 aliphatic rings. The smallest absolute Gasteiger partial charge is 0.0678 e. The van der Waals surface area contributed by atoms with E-state index in [0.29, 0.717) is 0 Å². The van der Waals surface area contributed by atoms with Crippen molar-refractivity contribution >= 4 is 6.21 Å². The number of nitrogens with zero attached hydrogens (tertiary/aromatic N) is 1. The molecule has 0 bridgehead atoms. The van der Waals surface area contributed by atoms with Gasteiger partial charge in [0.2, 0.25) is 0 Å². The van der Waals surface area contributed by atoms with E-state index in [1.54, 1.807) is 13.3 Å². The number of allylic oxidation sites excluding steroid dienone is 1. The van der Waals surface area contributed by atoms with Crippen molar-refractivity contribution in [2.75, 3.05) is 13.6 Å². The molecule has 3 N–H and O–H groups in total. The van der Waals surface area contributed by atoms with Crippen LogP contribution in [0.4, 0.5) is 0 Å². The predicted octanol–water partition coefficient (Wildman–Crippen LogP) is 0.0966. The van der Waals surface area contributed by atoms with E-state index in [1.807, 2.05) is 6.92 Å². The molecule has 0 spiro atoms. The molecule has 0 saturated heterocycles. The van der Waals surface area contributed by atoms with Gasteiger partial charge in [0.1, 0.15) is 0 Å². The molecule has 9 heavy (non-hydrogen) atoms. The van der Waals surface area contributed by atoms with Crippen molar-refractivity contribution in [2.24, 2.45) is 10.7 Å². The normalized spacial score (nSPS) is 12.4. The summed E-state index contributed by atoms with van der Waals surface area (Å²) >= 11 is 0. The second-order valence-corrected chi connectivity index (χ2v) is 1.54. The number of hydrogen-bond acceptors (Lipinski definition) is 3. The van der Waals surface area contributed by atoms with Crippen molar-refractivity contribution < 1.29 is 0 Å². The molecule has 0 fully saturated rings. The highest BCUT2D eigenvalue weighted by Gasteiger charge is 1.83. The van der Waals surface area contributed by atoms with Gasteiger partial charge in [0.15, 0.2) is 0 Å². The zero-order chi connectivity index (χ0) is 7.11. The first kappa shape index (κ1) is 8.01. The fraction of sp³-hybridized carbons (Fsp3) is 0.500. The topological polar surface area (TPSA) is 50.4 Å². The first-order valence-electron chi connectivity index (χ1n) is 2.93. The van der Waals surface area contributed by atoms with E-state index in [-0.39, 0.29) is 0 Å². The molecule has 0 aromatic carbocycles. The summed E-state index contributed by atoms with van der Waals surface area (Å²) in [6.45, 7) is 2.88. The molecule has 3 nitrogen and oxygen atoms in total. The first-order chi connectivity index (χ1) is 4.35. The number of aliphatic imine (C=N–C) groups is 1. The summed E-state index contributed by atoms with van der Waals surface area (Å²) in [5.74, 6) is 0. The molecule has 0 atom stereocenters. The molecule has 0 rings (SSSR count). The van der Waals surface area contributed by atoms with Gasteiger partial charge in [0.05, 0.1) is 5.70 Å². The average molecular weight is 127 g/mol. The van der Waals surface area contributed by atoms with E-state index in [4.69, 9.17) is 5.73 Å². The van der Waals surface area contributed by atoms with E-state index in [2.05, 4.69) is 10.3 Å². The molecule has 0 aromatic heterocycles. The number of nitrogens with one attached hydrogen (secondary N) is 1. The lowest BCUT2D eigenvalue weighted by molar-refractivity contribution is 0.890. The molecule has 0 radical (unpaired) electrons. The number of hydrogen-bond donors (Lipinski definition) is 2. The zero-order valence-corrected chi connectivity index (χ0v) is 5.89. The third-order valence-electron chi connectivity index (χ3n) is 0.829. The second-order valence-electron chi connectivity index (χ2n) is 1.54. The minimum Gasteiger partial charge on any atom is -0.403 e. The van der Waals surface area contributed by atoms with Crippen LogP contribution in [-0.4, -0.2) is 19.8 Å². The third-order valence-corrected chi connectivity index (χ3v) is 0.829. The lowest BCUT2D eigenvalue weighted by Crippen LogP contribution is -2.14. The minimum absolute atomic E-state index is 0.861. The van der Waals surface area contributed by atoms with Crippen LogP contribution in [0, 0.1) is 0 Å². The van der Waals surface area contributed by atoms with E-state index in [1.165, 1.54) is 6.20 Å². The molecule has 0 aliphatic heterocycles. The van der Waals surface area contributed by atoms with Crippen molar-refractivity contribution in [2.45, 2.75) is 6.92 Å². The van der Waals surface area contributed by atoms with Gasteiger partial charge in [0.25, 0.3) is 0 Å². The van der Waals surface area contributed by atoms with Crippen molar-refractivity contribution in [1.82, 2.24) is 5.32 Å². The fourth-order valence-corrected chi connectivity index (χ4v) is 0.491. The van der Waals surface area contributed by atoms with Crippen LogP contribution in [0.1, 0.15) is 6.92 Å². The van der Waals surface area contributed by atoms with Crippen LogP contribution >= 0.6 is 0 Å². The third kappa shape index (κ3) is 3.58. The molecule has 0 aliphatic carbocycles. The average Bonchev–Trinajstić information content (AvgIpc) is 1.88. The van der Waals surface area contributed by atoms with E-state index >= 15 is 0 Å². The Kier molecular flexibility index (Phi) is 4.59. The van der Waals surface area contributed by atoms with Crippen LogP contribution < -0.4 is 11.1 Å². The highest BCUT2D eigenvalue weighted by molar-refractivity contribution is 5.77. The summed E-state index contributed by atoms with van der Waals surface area (Å²) < 4.78 is 0. The molecule has 0 saturated carbocycles. The van der Waals surface area contributed by atoms with Gasteiger partial charge in [-0.1, -0.05) is 0 Å². The summed E-state index contributed by atoms with van der Waals surface area (Å²) in [5.41, 5.74) is 6.09. The monoisotopic (exact) mass is 127 g/mol. The summed E-state index contributed by atoms with van der Waals surface area (Å²) in [5, 5.41) is 3.02. The Hall–Kier alpha value is -0.990. The maximum absolute atomic E-state index is 5.23. The lowest BCUT2D eigenvalue weighted by Gasteiger charge is -1.99. The van der Waals surface area contributed by atoms with Gasteiger partial charge in [-0.25, -0.2) is 0 Å². The molecule has 0 unspecified atom stereocenters. The predicted molar refractivity (Wildman–Crippen MR) is 40.4 cm³/mol. The molecule has 3 heteroatoms. The molecule has 0 amide bonds. The Balaban J connectivity index is 3.70. The zero-order valence-electron chi connectivity index (χ0n) is 5.89. The standard InChI is InChI=1S/C6H13N3/c1-3-9-6(4-7)5-8-2/h4-5,9H,3,7H2,1-2H3/b6-4+,8-5?. The van der Waals surface area contributed by atoms with Crippen LogP contribution in [0.25, 0.3) is 0 Å². The van der Waals surface area contributed by atoms with Crippen molar-refractivity contribution in [3.05, 3.63) is 11.9 Å². The molecule has 0 aromatic rings. The van der Waals surface area contributed by atoms with E-state index in [9.17, 15) is 0 Å². The Bertz CT molecular complexity index is 115. The van der Waals surface area contributed by atoms with Gasteiger partial charge >= 0.3 is 0 Å². The van der Waals surface area contributed by atoms with Gasteiger partial charge in [-0.3, -0.25) is 4.99 Å². The van der Waals surface area contributed by atoms with Crippen LogP contribution in [0.2, 0.25) is 0 Å². The second kappa shape index (κ2) is 5.15. The van der Waals surface area contributed by atoms with Crippen molar-refractivity contribution in [1.29, 1.82) is 0 Å². The Labute approximate surface area is 55.7 Å². The number of nitrogens with two attached hydrogens (primary N) is 1. The van der Waals surface area contributed by atoms with Crippen LogP contribution in [0.5, 0.6) is 0 Å². The van der Waals surface area contributed by atoms with Crippen LogP contribution in [-0.2, 0) is 0 Å². The number of rotatable bonds is 3. The SMILES string of the molecule is CCN/C(C=NC)=C/N. The lowest BCUT2D eigenvalue weighted by atomic mass is 10.5. The molecule has 0 heterocycles. The highest BCUT2D eigenvalue weighted by Crippen LogP contribution is 1.77. The van der Waals surface area contributed by atoms with Gasteiger partial charge in [-0.15, -0.1) is 0 Å². The maximum Gasteiger partial charge on any atom is 0.0678 e. The summed E-state index contributed by atoms with van der Waals surface area (Å²) in [7, 11) is 1.71. The first-order valence-corrected chi connectivity index (χ1v) is 2.93. The minimum atomic E-state index is 0.861. The van der Waals surface area contributed by atoms with Crippen LogP contribution in [0.3, 0.4) is 0 Å². The fourth-order valence-electron chi connectivity index (χ4n) is 0.491. The Morgan fingerprint density at radius 2 is 2.44 bits per heavy atom. The van der Waals surface area contributed by atoms with Gasteiger partial charge in [-0.2, -0.15) is 0 Å². The summed E-state index contributed by atoms with van der Waals surface area (Å²) in [6, 6.07) is 0. The highest BCUT2D eigenvalue weighted by atomic mass is 14.9. The van der Waals surface area contributed by atoms with Crippen molar-refractivity contribution in [3.63, 3.8) is 0 Å². The van der Waals surface area contributed by atoms with Crippen LogP contribution in [0.15, 0.2) is 16.9 Å². The maximum atomic E-state index is 5.23. The Morgan fingerprint density at radius 1 is 1.78 bits per heavy atom. The van der Waals surface area contributed by atoms with Gasteiger partial charge < -0.3 is 11.1 Å².